The lowest BCUT2D eigenvalue weighted by atomic mass is 10.2. The van der Waals surface area contributed by atoms with Crippen LogP contribution in [0.25, 0.3) is 10.2 Å². The molecular formula is C19H18Cl2N6O3S. The third-order valence-corrected chi connectivity index (χ3v) is 5.92. The van der Waals surface area contributed by atoms with E-state index in [1.54, 1.807) is 6.07 Å². The molecule has 0 spiro atoms. The highest BCUT2D eigenvalue weighted by atomic mass is 35.5. The van der Waals surface area contributed by atoms with Crippen molar-refractivity contribution in [2.24, 2.45) is 10.2 Å². The Balaban J connectivity index is 2.00. The first-order chi connectivity index (χ1) is 14.7. The second kappa shape index (κ2) is 9.54. The van der Waals surface area contributed by atoms with Crippen molar-refractivity contribution in [3.05, 3.63) is 44.4 Å². The Labute approximate surface area is 191 Å². The monoisotopic (exact) mass is 480 g/mol. The highest BCUT2D eigenvalue weighted by Crippen LogP contribution is 2.42. The van der Waals surface area contributed by atoms with Crippen LogP contribution >= 0.6 is 34.5 Å². The van der Waals surface area contributed by atoms with Gasteiger partial charge in [-0.05, 0) is 38.1 Å². The molecule has 3 aromatic rings. The topological polar surface area (TPSA) is 113 Å². The number of hydrogen-bond donors (Lipinski definition) is 1. The second-order valence-electron chi connectivity index (χ2n) is 6.38. The van der Waals surface area contributed by atoms with Crippen molar-refractivity contribution < 1.29 is 9.72 Å². The van der Waals surface area contributed by atoms with Crippen LogP contribution in [-0.2, 0) is 4.79 Å². The molecule has 0 aliphatic carbocycles. The number of nitro benzene ring substituents is 1. The standard InChI is InChI=1S/C19H18Cl2N6O3S/c1-4-26(5-2)11-6-7-13(14(8-11)22-10(3)28)24-25-19-23-17-15(31-19)9-12(20)18(16(17)21)27(29)30/h6-9H,4-5H2,1-3H3,(H,22,28). The van der Waals surface area contributed by atoms with Gasteiger partial charge >= 0.3 is 5.69 Å². The Hall–Kier alpha value is -2.82. The van der Waals surface area contributed by atoms with Crippen molar-refractivity contribution in [1.29, 1.82) is 0 Å². The summed E-state index contributed by atoms with van der Waals surface area (Å²) >= 11 is 13.2. The summed E-state index contributed by atoms with van der Waals surface area (Å²) in [6, 6.07) is 6.91. The number of anilines is 2. The van der Waals surface area contributed by atoms with E-state index in [-0.39, 0.29) is 26.6 Å². The van der Waals surface area contributed by atoms with E-state index < -0.39 is 10.6 Å². The summed E-state index contributed by atoms with van der Waals surface area (Å²) in [6.07, 6.45) is 0. The van der Waals surface area contributed by atoms with Gasteiger partial charge in [0.25, 0.3) is 0 Å². The quantitative estimate of drug-likeness (QED) is 0.228. The van der Waals surface area contributed by atoms with E-state index in [1.807, 2.05) is 26.0 Å². The molecule has 0 aliphatic rings. The molecule has 0 saturated carbocycles. The van der Waals surface area contributed by atoms with Crippen LogP contribution in [0.5, 0.6) is 0 Å². The summed E-state index contributed by atoms with van der Waals surface area (Å²) in [4.78, 5) is 28.6. The second-order valence-corrected chi connectivity index (χ2v) is 8.17. The number of azo groups is 1. The lowest BCUT2D eigenvalue weighted by Gasteiger charge is -2.22. The van der Waals surface area contributed by atoms with Crippen molar-refractivity contribution in [3.8, 4) is 0 Å². The van der Waals surface area contributed by atoms with Crippen LogP contribution in [0.1, 0.15) is 20.8 Å². The Kier molecular flexibility index (Phi) is 7.04. The molecule has 0 fully saturated rings. The largest absolute Gasteiger partial charge is 0.372 e. The first-order valence-corrected chi connectivity index (χ1v) is 10.8. The van der Waals surface area contributed by atoms with E-state index in [0.717, 1.165) is 30.1 Å². The number of carbonyl (C=O) groups is 1. The average Bonchev–Trinajstić information content (AvgIpc) is 3.10. The molecule has 0 aliphatic heterocycles. The molecule has 1 amide bonds. The third kappa shape index (κ3) is 4.92. The number of benzene rings is 2. The average molecular weight is 481 g/mol. The van der Waals surface area contributed by atoms with E-state index in [1.165, 1.54) is 13.0 Å². The molecule has 2 aromatic carbocycles. The molecule has 9 nitrogen and oxygen atoms in total. The van der Waals surface area contributed by atoms with Crippen LogP contribution in [0.2, 0.25) is 10.0 Å². The summed E-state index contributed by atoms with van der Waals surface area (Å²) in [5.41, 5.74) is 1.74. The minimum absolute atomic E-state index is 0.0745. The van der Waals surface area contributed by atoms with Gasteiger partial charge in [0.05, 0.1) is 15.3 Å². The van der Waals surface area contributed by atoms with Crippen molar-refractivity contribution in [1.82, 2.24) is 4.98 Å². The van der Waals surface area contributed by atoms with Gasteiger partial charge in [-0.1, -0.05) is 34.5 Å². The van der Waals surface area contributed by atoms with Gasteiger partial charge in [-0.3, -0.25) is 14.9 Å². The first-order valence-electron chi connectivity index (χ1n) is 9.26. The molecule has 31 heavy (non-hydrogen) atoms. The van der Waals surface area contributed by atoms with E-state index in [9.17, 15) is 14.9 Å². The van der Waals surface area contributed by atoms with Crippen molar-refractivity contribution in [2.45, 2.75) is 20.8 Å². The number of nitrogens with one attached hydrogen (secondary N) is 1. The zero-order valence-corrected chi connectivity index (χ0v) is 19.2. The number of nitro groups is 1. The number of fused-ring (bicyclic) bond motifs is 1. The summed E-state index contributed by atoms with van der Waals surface area (Å²) < 4.78 is 0.550. The number of halogens is 2. The van der Waals surface area contributed by atoms with Gasteiger partial charge < -0.3 is 10.2 Å². The van der Waals surface area contributed by atoms with Gasteiger partial charge in [-0.2, -0.15) is 0 Å². The molecule has 0 bridgehead atoms. The van der Waals surface area contributed by atoms with Crippen LogP contribution < -0.4 is 10.2 Å². The molecule has 0 unspecified atom stereocenters. The molecule has 1 heterocycles. The van der Waals surface area contributed by atoms with E-state index in [2.05, 4.69) is 25.4 Å². The maximum absolute atomic E-state index is 11.6. The van der Waals surface area contributed by atoms with Crippen LogP contribution in [-0.4, -0.2) is 28.9 Å². The molecule has 0 atom stereocenters. The Morgan fingerprint density at radius 2 is 1.97 bits per heavy atom. The molecule has 0 saturated heterocycles. The molecule has 1 aromatic heterocycles. The normalized spacial score (nSPS) is 11.3. The lowest BCUT2D eigenvalue weighted by Crippen LogP contribution is -2.21. The third-order valence-electron chi connectivity index (χ3n) is 4.39. The van der Waals surface area contributed by atoms with Gasteiger partial charge in [0.15, 0.2) is 0 Å². The fourth-order valence-corrected chi connectivity index (χ4v) is 4.56. The Bertz CT molecular complexity index is 1190. The number of amides is 1. The minimum atomic E-state index is -0.651. The fraction of sp³-hybridized carbons (Fsp3) is 0.263. The number of thiazole rings is 1. The van der Waals surface area contributed by atoms with Gasteiger partial charge in [-0.15, -0.1) is 10.2 Å². The van der Waals surface area contributed by atoms with E-state index in [0.29, 0.717) is 16.1 Å². The molecule has 12 heteroatoms. The molecule has 0 radical (unpaired) electrons. The molecule has 162 valence electrons. The maximum atomic E-state index is 11.6. The van der Waals surface area contributed by atoms with Crippen LogP contribution in [0.4, 0.5) is 27.9 Å². The zero-order valence-electron chi connectivity index (χ0n) is 16.8. The molecule has 1 N–H and O–H groups in total. The summed E-state index contributed by atoms with van der Waals surface area (Å²) in [5, 5.41) is 22.3. The first kappa shape index (κ1) is 22.9. The number of aromatic nitrogens is 1. The van der Waals surface area contributed by atoms with Gasteiger partial charge in [-0.25, -0.2) is 4.98 Å². The van der Waals surface area contributed by atoms with Gasteiger partial charge in [0.1, 0.15) is 21.2 Å². The minimum Gasteiger partial charge on any atom is -0.372 e. The summed E-state index contributed by atoms with van der Waals surface area (Å²) in [6.45, 7) is 7.14. The number of hydrogen-bond acceptors (Lipinski definition) is 8. The lowest BCUT2D eigenvalue weighted by molar-refractivity contribution is -0.384. The zero-order chi connectivity index (χ0) is 22.7. The van der Waals surface area contributed by atoms with E-state index >= 15 is 0 Å². The van der Waals surface area contributed by atoms with Crippen LogP contribution in [0.3, 0.4) is 0 Å². The summed E-state index contributed by atoms with van der Waals surface area (Å²) in [7, 11) is 0. The molecular weight excluding hydrogens is 463 g/mol. The number of nitrogens with zero attached hydrogens (tertiary/aromatic N) is 5. The Morgan fingerprint density at radius 1 is 1.26 bits per heavy atom. The predicted octanol–water partition coefficient (Wildman–Crippen LogP) is 6.73. The van der Waals surface area contributed by atoms with Crippen molar-refractivity contribution in [3.63, 3.8) is 0 Å². The van der Waals surface area contributed by atoms with E-state index in [4.69, 9.17) is 23.2 Å². The number of carbonyl (C=O) groups excluding carboxylic acids is 1. The highest BCUT2D eigenvalue weighted by Gasteiger charge is 2.23. The van der Waals surface area contributed by atoms with Gasteiger partial charge in [0.2, 0.25) is 11.0 Å². The Morgan fingerprint density at radius 3 is 2.58 bits per heavy atom. The van der Waals surface area contributed by atoms with Gasteiger partial charge in [0, 0.05) is 25.7 Å². The molecule has 3 rings (SSSR count). The smallest absolute Gasteiger partial charge is 0.308 e. The SMILES string of the molecule is CCN(CC)c1ccc(N=Nc2nc3c(Cl)c([N+](=O)[O-])c(Cl)cc3s2)c(NC(C)=O)c1. The highest BCUT2D eigenvalue weighted by molar-refractivity contribution is 7.22. The maximum Gasteiger partial charge on any atom is 0.308 e. The predicted molar refractivity (Wildman–Crippen MR) is 125 cm³/mol. The van der Waals surface area contributed by atoms with Crippen LogP contribution in [0.15, 0.2) is 34.5 Å². The van der Waals surface area contributed by atoms with Crippen LogP contribution in [0, 0.1) is 10.1 Å². The van der Waals surface area contributed by atoms with Crippen molar-refractivity contribution >= 4 is 78.5 Å². The summed E-state index contributed by atoms with van der Waals surface area (Å²) in [5.74, 6) is -0.234. The number of rotatable bonds is 7. The van der Waals surface area contributed by atoms with Crippen molar-refractivity contribution in [2.75, 3.05) is 23.3 Å². The fourth-order valence-electron chi connectivity index (χ4n) is 2.97.